The number of pyridine rings is 1. The molecule has 5 heteroatoms. The molecule has 0 spiro atoms. The van der Waals surface area contributed by atoms with Crippen molar-refractivity contribution in [3.8, 4) is 6.07 Å². The molecule has 0 amide bonds. The van der Waals surface area contributed by atoms with Gasteiger partial charge in [0.05, 0.1) is 11.3 Å². The smallest absolute Gasteiger partial charge is 0.129 e. The Morgan fingerprint density at radius 3 is 2.70 bits per heavy atom. The third kappa shape index (κ3) is 2.10. The van der Waals surface area contributed by atoms with Crippen molar-refractivity contribution in [2.24, 2.45) is 11.8 Å². The number of anilines is 1. The highest BCUT2D eigenvalue weighted by Gasteiger charge is 2.43. The third-order valence-corrected chi connectivity index (χ3v) is 5.58. The summed E-state index contributed by atoms with van der Waals surface area (Å²) < 4.78 is 2.38. The Labute approximate surface area is 123 Å². The number of hydrogen-bond acceptors (Lipinski definition) is 4. The van der Waals surface area contributed by atoms with Gasteiger partial charge in [0.2, 0.25) is 0 Å². The Morgan fingerprint density at radius 1 is 1.35 bits per heavy atom. The van der Waals surface area contributed by atoms with E-state index in [2.05, 4.69) is 43.0 Å². The molecule has 1 aromatic rings. The summed E-state index contributed by atoms with van der Waals surface area (Å²) in [6.07, 6.45) is 0. The lowest BCUT2D eigenvalue weighted by Gasteiger charge is -2.24. The Hall–Kier alpha value is -1.17. The number of aryl methyl sites for hydroxylation is 2. The Bertz CT molecular complexity index is 557. The van der Waals surface area contributed by atoms with Gasteiger partial charge < -0.3 is 4.90 Å². The average Bonchev–Trinajstić information content (AvgIpc) is 2.90. The second kappa shape index (κ2) is 4.98. The first kappa shape index (κ1) is 13.8. The summed E-state index contributed by atoms with van der Waals surface area (Å²) >= 11 is 0. The molecule has 0 bridgehead atoms. The topological polar surface area (TPSA) is 43.2 Å². The summed E-state index contributed by atoms with van der Waals surface area (Å²) in [7, 11) is 2.85. The molecule has 4 nitrogen and oxygen atoms in total. The van der Waals surface area contributed by atoms with Crippen LogP contribution in [0.5, 0.6) is 0 Å². The van der Waals surface area contributed by atoms with Gasteiger partial charge in [0.25, 0.3) is 0 Å². The van der Waals surface area contributed by atoms with Crippen LogP contribution in [0.2, 0.25) is 0 Å². The normalized spacial score (nSPS) is 29.6. The van der Waals surface area contributed by atoms with E-state index in [-0.39, 0.29) is 0 Å². The van der Waals surface area contributed by atoms with Crippen LogP contribution >= 0.6 is 9.39 Å². The predicted molar refractivity (Wildman–Crippen MR) is 83.5 cm³/mol. The van der Waals surface area contributed by atoms with Crippen molar-refractivity contribution in [1.29, 1.82) is 5.26 Å². The number of aromatic nitrogens is 1. The number of nitriles is 1. The van der Waals surface area contributed by atoms with E-state index in [0.717, 1.165) is 54.1 Å². The van der Waals surface area contributed by atoms with Crippen molar-refractivity contribution < 1.29 is 0 Å². The number of nitrogens with zero attached hydrogens (tertiary/aromatic N) is 4. The molecule has 0 radical (unpaired) electrons. The van der Waals surface area contributed by atoms with Crippen LogP contribution in [0.1, 0.15) is 23.7 Å². The minimum Gasteiger partial charge on any atom is -0.356 e. The van der Waals surface area contributed by atoms with Gasteiger partial charge in [-0.3, -0.25) is 4.67 Å². The molecule has 20 heavy (non-hydrogen) atoms. The van der Waals surface area contributed by atoms with Gasteiger partial charge in [0.1, 0.15) is 11.9 Å². The molecule has 2 aliphatic rings. The maximum absolute atomic E-state index is 9.14. The fourth-order valence-electron chi connectivity index (χ4n) is 3.65. The summed E-state index contributed by atoms with van der Waals surface area (Å²) in [6.45, 7) is 9.55. The quantitative estimate of drug-likeness (QED) is 0.742. The molecule has 2 aliphatic heterocycles. The van der Waals surface area contributed by atoms with Crippen LogP contribution in [0.4, 0.5) is 5.82 Å². The molecule has 0 N–H and O–H groups in total. The number of hydrogen-bond donors (Lipinski definition) is 0. The molecule has 3 rings (SSSR count). The SMILES string of the molecule is Cc1cc(N2C[C@@H]3CN(P)[C@@H](C)[C@@H]3C2)nc(C)c1C#N. The van der Waals surface area contributed by atoms with Crippen LogP contribution < -0.4 is 4.90 Å². The molecule has 0 aliphatic carbocycles. The number of rotatable bonds is 1. The molecular formula is C15H21N4P. The Kier molecular flexibility index (Phi) is 3.44. The fourth-order valence-corrected chi connectivity index (χ4v) is 4.14. The molecule has 2 fully saturated rings. The average molecular weight is 288 g/mol. The molecule has 0 aromatic carbocycles. The predicted octanol–water partition coefficient (Wildman–Crippen LogP) is 2.12. The zero-order valence-corrected chi connectivity index (χ0v) is 13.5. The number of fused-ring (bicyclic) bond motifs is 1. The van der Waals surface area contributed by atoms with Gasteiger partial charge in [-0.05, 0) is 44.2 Å². The van der Waals surface area contributed by atoms with Crippen molar-refractivity contribution in [1.82, 2.24) is 9.65 Å². The highest BCUT2D eigenvalue weighted by Crippen LogP contribution is 2.39. The van der Waals surface area contributed by atoms with Crippen molar-refractivity contribution in [2.45, 2.75) is 26.8 Å². The first-order valence-corrected chi connectivity index (χ1v) is 7.67. The van der Waals surface area contributed by atoms with Crippen LogP contribution in [0, 0.1) is 37.0 Å². The molecule has 4 atom stereocenters. The van der Waals surface area contributed by atoms with Crippen LogP contribution in [-0.2, 0) is 0 Å². The Balaban J connectivity index is 1.85. The van der Waals surface area contributed by atoms with Crippen LogP contribution in [0.25, 0.3) is 0 Å². The van der Waals surface area contributed by atoms with E-state index in [9.17, 15) is 0 Å². The minimum absolute atomic E-state index is 0.621. The van der Waals surface area contributed by atoms with Crippen LogP contribution in [-0.4, -0.2) is 35.3 Å². The van der Waals surface area contributed by atoms with Crippen molar-refractivity contribution in [3.05, 3.63) is 22.9 Å². The molecule has 1 aromatic heterocycles. The molecular weight excluding hydrogens is 267 g/mol. The standard InChI is InChI=1S/C15H21N4P/c1-9-4-15(17-10(2)13(9)5-16)18-6-12-7-19(20)11(3)14(12)8-18/h4,11-12,14H,6-8,20H2,1-3H3/t11-,12+,14-/m0/s1. The van der Waals surface area contributed by atoms with E-state index < -0.39 is 0 Å². The molecule has 106 valence electrons. The molecule has 2 saturated heterocycles. The maximum atomic E-state index is 9.14. The van der Waals surface area contributed by atoms with E-state index in [1.165, 1.54) is 0 Å². The van der Waals surface area contributed by atoms with Gasteiger partial charge in [-0.1, -0.05) is 9.39 Å². The van der Waals surface area contributed by atoms with E-state index >= 15 is 0 Å². The van der Waals surface area contributed by atoms with Crippen molar-refractivity contribution in [3.63, 3.8) is 0 Å². The summed E-state index contributed by atoms with van der Waals surface area (Å²) in [6, 6.07) is 4.93. The van der Waals surface area contributed by atoms with E-state index in [4.69, 9.17) is 5.26 Å². The summed E-state index contributed by atoms with van der Waals surface area (Å²) in [5.74, 6) is 2.50. The lowest BCUT2D eigenvalue weighted by atomic mass is 9.95. The van der Waals surface area contributed by atoms with Gasteiger partial charge in [0, 0.05) is 25.7 Å². The second-order valence-electron chi connectivity index (χ2n) is 6.14. The van der Waals surface area contributed by atoms with E-state index in [1.807, 2.05) is 13.8 Å². The summed E-state index contributed by atoms with van der Waals surface area (Å²) in [4.78, 5) is 7.04. The monoisotopic (exact) mass is 288 g/mol. The lowest BCUT2D eigenvalue weighted by Crippen LogP contribution is -2.29. The fraction of sp³-hybridized carbons (Fsp3) is 0.600. The summed E-state index contributed by atoms with van der Waals surface area (Å²) in [5, 5.41) is 9.14. The maximum Gasteiger partial charge on any atom is 0.129 e. The van der Waals surface area contributed by atoms with Crippen LogP contribution in [0.15, 0.2) is 6.07 Å². The van der Waals surface area contributed by atoms with Gasteiger partial charge in [0.15, 0.2) is 0 Å². The van der Waals surface area contributed by atoms with Crippen LogP contribution in [0.3, 0.4) is 0 Å². The zero-order chi connectivity index (χ0) is 14.4. The highest BCUT2D eigenvalue weighted by atomic mass is 31.0. The van der Waals surface area contributed by atoms with Gasteiger partial charge in [-0.25, -0.2) is 4.98 Å². The molecule has 1 unspecified atom stereocenters. The Morgan fingerprint density at radius 2 is 2.10 bits per heavy atom. The van der Waals surface area contributed by atoms with Crippen molar-refractivity contribution in [2.75, 3.05) is 24.5 Å². The van der Waals surface area contributed by atoms with Gasteiger partial charge in [-0.2, -0.15) is 5.26 Å². The van der Waals surface area contributed by atoms with Crippen molar-refractivity contribution >= 4 is 15.2 Å². The highest BCUT2D eigenvalue weighted by molar-refractivity contribution is 7.13. The first-order chi connectivity index (χ1) is 9.51. The van der Waals surface area contributed by atoms with E-state index in [1.54, 1.807) is 0 Å². The largest absolute Gasteiger partial charge is 0.356 e. The lowest BCUT2D eigenvalue weighted by molar-refractivity contribution is 0.397. The second-order valence-corrected chi connectivity index (χ2v) is 6.80. The molecule has 0 saturated carbocycles. The third-order valence-electron chi connectivity index (χ3n) is 4.90. The van der Waals surface area contributed by atoms with E-state index in [0.29, 0.717) is 6.04 Å². The van der Waals surface area contributed by atoms with Gasteiger partial charge in [-0.15, -0.1) is 0 Å². The summed E-state index contributed by atoms with van der Waals surface area (Å²) in [5.41, 5.74) is 2.60. The zero-order valence-electron chi connectivity index (χ0n) is 12.3. The minimum atomic E-state index is 0.621. The molecule has 3 heterocycles. The van der Waals surface area contributed by atoms with Gasteiger partial charge >= 0.3 is 0 Å². The first-order valence-electron chi connectivity index (χ1n) is 7.16.